The van der Waals surface area contributed by atoms with Crippen LogP contribution in [0.2, 0.25) is 5.02 Å². The van der Waals surface area contributed by atoms with Crippen LogP contribution in [-0.4, -0.2) is 33.9 Å². The molecule has 1 spiro atoms. The van der Waals surface area contributed by atoms with Crippen molar-refractivity contribution in [1.29, 1.82) is 0 Å². The molecule has 1 aliphatic carbocycles. The Balaban J connectivity index is 1.48. The number of nitrogens with zero attached hydrogens (tertiary/aromatic N) is 1. The molecule has 7 heteroatoms. The van der Waals surface area contributed by atoms with Crippen LogP contribution in [0.3, 0.4) is 0 Å². The Labute approximate surface area is 206 Å². The second kappa shape index (κ2) is 7.70. The third kappa shape index (κ3) is 3.00. The van der Waals surface area contributed by atoms with Crippen LogP contribution in [-0.2, 0) is 20.9 Å². The molecule has 0 bridgehead atoms. The van der Waals surface area contributed by atoms with Crippen LogP contribution in [0, 0.1) is 18.8 Å². The molecular weight excluding hydrogens is 466 g/mol. The molecule has 174 valence electrons. The summed E-state index contributed by atoms with van der Waals surface area (Å²) in [6, 6.07) is 20.7. The van der Waals surface area contributed by atoms with Crippen LogP contribution in [0.4, 0.5) is 0 Å². The van der Waals surface area contributed by atoms with E-state index < -0.39 is 46.9 Å². The number of ether oxygens (including phenoxy) is 1. The number of hydrogen-bond acceptors (Lipinski definition) is 5. The molecule has 0 saturated carbocycles. The summed E-state index contributed by atoms with van der Waals surface area (Å²) in [4.78, 5) is 56.1. The maximum atomic E-state index is 13.8. The van der Waals surface area contributed by atoms with Crippen LogP contribution in [0.15, 0.2) is 72.8 Å². The second-order valence-electron chi connectivity index (χ2n) is 9.28. The number of Topliss-reactive ketones (excluding diaryl/α,β-unsaturated/α-hetero) is 2. The molecule has 0 N–H and O–H groups in total. The molecule has 0 radical (unpaired) electrons. The van der Waals surface area contributed by atoms with Crippen LogP contribution in [0.5, 0.6) is 0 Å². The van der Waals surface area contributed by atoms with E-state index in [1.807, 2.05) is 31.2 Å². The minimum absolute atomic E-state index is 0.0217. The van der Waals surface area contributed by atoms with Gasteiger partial charge in [-0.05, 0) is 30.2 Å². The minimum atomic E-state index is -2.05. The number of hydrogen-bond donors (Lipinski definition) is 0. The minimum Gasteiger partial charge on any atom is -0.349 e. The SMILES string of the molecule is Cc1ccc([C@@H]2OC3(C(=O)c4ccccc4C3=O)[C@H]3C(=O)N(Cc4ccc(Cl)cc4)C(=O)[C@H]23)cc1. The molecule has 3 aliphatic rings. The van der Waals surface area contributed by atoms with Crippen molar-refractivity contribution in [3.8, 4) is 0 Å². The van der Waals surface area contributed by atoms with Gasteiger partial charge in [0, 0.05) is 16.1 Å². The zero-order chi connectivity index (χ0) is 24.5. The number of carbonyl (C=O) groups excluding carboxylic acids is 4. The molecule has 2 saturated heterocycles. The van der Waals surface area contributed by atoms with E-state index in [1.54, 1.807) is 48.5 Å². The van der Waals surface area contributed by atoms with E-state index in [0.29, 0.717) is 16.1 Å². The van der Waals surface area contributed by atoms with Crippen molar-refractivity contribution in [2.45, 2.75) is 25.2 Å². The topological polar surface area (TPSA) is 80.8 Å². The number of aryl methyl sites for hydroxylation is 1. The monoisotopic (exact) mass is 485 g/mol. The summed E-state index contributed by atoms with van der Waals surface area (Å²) in [7, 11) is 0. The van der Waals surface area contributed by atoms with Gasteiger partial charge in [-0.1, -0.05) is 77.8 Å². The van der Waals surface area contributed by atoms with Crippen molar-refractivity contribution in [2.75, 3.05) is 0 Å². The summed E-state index contributed by atoms with van der Waals surface area (Å²) in [6.07, 6.45) is -0.908. The lowest BCUT2D eigenvalue weighted by atomic mass is 9.77. The van der Waals surface area contributed by atoms with Crippen LogP contribution < -0.4 is 0 Å². The van der Waals surface area contributed by atoms with E-state index in [0.717, 1.165) is 10.5 Å². The maximum absolute atomic E-state index is 13.8. The molecule has 2 heterocycles. The maximum Gasteiger partial charge on any atom is 0.237 e. The predicted molar refractivity (Wildman–Crippen MR) is 127 cm³/mol. The third-order valence-corrected chi connectivity index (χ3v) is 7.52. The summed E-state index contributed by atoms with van der Waals surface area (Å²) >= 11 is 5.98. The van der Waals surface area contributed by atoms with Gasteiger partial charge in [-0.2, -0.15) is 0 Å². The van der Waals surface area contributed by atoms with Gasteiger partial charge in [0.05, 0.1) is 24.5 Å². The number of ketones is 2. The first-order valence-corrected chi connectivity index (χ1v) is 11.7. The standard InChI is InChI=1S/C28H20ClNO5/c1-15-6-10-17(11-7-15)23-21-22(27(34)30(26(21)33)14-16-8-12-18(29)13-9-16)28(35-23)24(31)19-4-2-3-5-20(19)25(28)32/h2-13,21-23H,14H2,1H3/t21-,22+,23-/m0/s1. The highest BCUT2D eigenvalue weighted by Crippen LogP contribution is 2.57. The number of benzene rings is 3. The molecule has 3 aromatic rings. The smallest absolute Gasteiger partial charge is 0.237 e. The molecular formula is C28H20ClNO5. The first-order chi connectivity index (χ1) is 16.8. The molecule has 2 aliphatic heterocycles. The van der Waals surface area contributed by atoms with E-state index >= 15 is 0 Å². The first-order valence-electron chi connectivity index (χ1n) is 11.4. The van der Waals surface area contributed by atoms with Crippen molar-refractivity contribution in [3.63, 3.8) is 0 Å². The van der Waals surface area contributed by atoms with Crippen LogP contribution in [0.25, 0.3) is 0 Å². The Hall–Kier alpha value is -3.61. The summed E-state index contributed by atoms with van der Waals surface area (Å²) in [5.74, 6) is -4.36. The molecule has 3 aromatic carbocycles. The van der Waals surface area contributed by atoms with Gasteiger partial charge < -0.3 is 4.74 Å². The van der Waals surface area contributed by atoms with Gasteiger partial charge in [0.1, 0.15) is 0 Å². The van der Waals surface area contributed by atoms with Gasteiger partial charge in [-0.15, -0.1) is 0 Å². The zero-order valence-corrected chi connectivity index (χ0v) is 19.5. The van der Waals surface area contributed by atoms with E-state index in [4.69, 9.17) is 16.3 Å². The fourth-order valence-corrected chi connectivity index (χ4v) is 5.69. The van der Waals surface area contributed by atoms with Crippen molar-refractivity contribution in [1.82, 2.24) is 4.90 Å². The van der Waals surface area contributed by atoms with Crippen molar-refractivity contribution < 1.29 is 23.9 Å². The van der Waals surface area contributed by atoms with Crippen molar-refractivity contribution in [3.05, 3.63) is 106 Å². The number of carbonyl (C=O) groups is 4. The average Bonchev–Trinajstić information content (AvgIpc) is 3.42. The number of likely N-dealkylation sites (tertiary alicyclic amines) is 1. The lowest BCUT2D eigenvalue weighted by Gasteiger charge is -2.27. The second-order valence-corrected chi connectivity index (χ2v) is 9.72. The summed E-state index contributed by atoms with van der Waals surface area (Å²) in [6.45, 7) is 1.95. The number of fused-ring (bicyclic) bond motifs is 3. The Morgan fingerprint density at radius 3 is 2.03 bits per heavy atom. The number of halogens is 1. The van der Waals surface area contributed by atoms with Crippen LogP contribution in [0.1, 0.15) is 43.5 Å². The first kappa shape index (κ1) is 21.9. The highest BCUT2D eigenvalue weighted by atomic mass is 35.5. The Bertz CT molecular complexity index is 1380. The normalized spacial score (nSPS) is 24.4. The fraction of sp³-hybridized carbons (Fsp3) is 0.214. The van der Waals surface area contributed by atoms with E-state index in [1.165, 1.54) is 0 Å². The molecule has 6 rings (SSSR count). The van der Waals surface area contributed by atoms with Crippen molar-refractivity contribution >= 4 is 35.0 Å². The van der Waals surface area contributed by atoms with Gasteiger partial charge in [0.2, 0.25) is 29.0 Å². The molecule has 0 aromatic heterocycles. The molecule has 2 amide bonds. The zero-order valence-electron chi connectivity index (χ0n) is 18.7. The Kier molecular flexibility index (Phi) is 4.82. The number of amides is 2. The molecule has 6 nitrogen and oxygen atoms in total. The summed E-state index contributed by atoms with van der Waals surface area (Å²) in [5, 5.41) is 0.538. The van der Waals surface area contributed by atoms with Gasteiger partial charge in [-0.3, -0.25) is 24.1 Å². The van der Waals surface area contributed by atoms with Gasteiger partial charge in [0.25, 0.3) is 0 Å². The Morgan fingerprint density at radius 1 is 0.829 bits per heavy atom. The lowest BCUT2D eigenvalue weighted by Crippen LogP contribution is -2.50. The fourth-order valence-electron chi connectivity index (χ4n) is 5.56. The number of rotatable bonds is 3. The van der Waals surface area contributed by atoms with Crippen molar-refractivity contribution in [2.24, 2.45) is 11.8 Å². The van der Waals surface area contributed by atoms with E-state index in [-0.39, 0.29) is 17.7 Å². The third-order valence-electron chi connectivity index (χ3n) is 7.27. The lowest BCUT2D eigenvalue weighted by molar-refractivity contribution is -0.145. The van der Waals surface area contributed by atoms with Gasteiger partial charge >= 0.3 is 0 Å². The summed E-state index contributed by atoms with van der Waals surface area (Å²) in [5.41, 5.74) is 0.760. The molecule has 2 fully saturated rings. The largest absolute Gasteiger partial charge is 0.349 e. The van der Waals surface area contributed by atoms with Crippen LogP contribution >= 0.6 is 11.6 Å². The number of imide groups is 1. The van der Waals surface area contributed by atoms with E-state index in [2.05, 4.69) is 0 Å². The Morgan fingerprint density at radius 2 is 1.43 bits per heavy atom. The predicted octanol–water partition coefficient (Wildman–Crippen LogP) is 4.34. The van der Waals surface area contributed by atoms with E-state index in [9.17, 15) is 19.2 Å². The quantitative estimate of drug-likeness (QED) is 0.407. The molecule has 35 heavy (non-hydrogen) atoms. The van der Waals surface area contributed by atoms with Gasteiger partial charge in [0.15, 0.2) is 0 Å². The summed E-state index contributed by atoms with van der Waals surface area (Å²) < 4.78 is 6.28. The highest BCUT2D eigenvalue weighted by molar-refractivity contribution is 6.35. The van der Waals surface area contributed by atoms with Gasteiger partial charge in [-0.25, -0.2) is 0 Å². The average molecular weight is 486 g/mol. The molecule has 3 atom stereocenters. The molecule has 0 unspecified atom stereocenters. The highest BCUT2D eigenvalue weighted by Gasteiger charge is 2.74.